The zero-order valence-corrected chi connectivity index (χ0v) is 19.3. The molecular formula is C26H36N2O2. The Morgan fingerprint density at radius 1 is 0.933 bits per heavy atom. The van der Waals surface area contributed by atoms with Crippen LogP contribution in [0.3, 0.4) is 0 Å². The fraction of sp³-hybridized carbons (Fsp3) is 0.462. The summed E-state index contributed by atoms with van der Waals surface area (Å²) in [6.45, 7) is 12.2. The molecule has 1 N–H and O–H groups in total. The molecule has 0 aromatic heterocycles. The van der Waals surface area contributed by atoms with Crippen LogP contribution in [0.15, 0.2) is 48.5 Å². The summed E-state index contributed by atoms with van der Waals surface area (Å²) in [4.78, 5) is 27.7. The van der Waals surface area contributed by atoms with Gasteiger partial charge in [0.1, 0.15) is 6.04 Å². The van der Waals surface area contributed by atoms with Crippen molar-refractivity contribution in [1.29, 1.82) is 0 Å². The number of aryl methyl sites for hydroxylation is 3. The molecule has 0 bridgehead atoms. The van der Waals surface area contributed by atoms with Gasteiger partial charge in [-0.15, -0.1) is 0 Å². The maximum absolute atomic E-state index is 13.2. The SMILES string of the molecule is CCc1ccc(CCC(=O)N(Cc2ccc(C)cc2)[C@@H](C)C(=O)NC(C)(C)C)cc1. The Bertz CT molecular complexity index is 833. The lowest BCUT2D eigenvalue weighted by molar-refractivity contribution is -0.141. The van der Waals surface area contributed by atoms with Gasteiger partial charge in [0.05, 0.1) is 0 Å². The van der Waals surface area contributed by atoms with Gasteiger partial charge < -0.3 is 10.2 Å². The molecule has 0 spiro atoms. The Hall–Kier alpha value is -2.62. The number of rotatable bonds is 8. The van der Waals surface area contributed by atoms with Gasteiger partial charge in [-0.05, 0) is 64.2 Å². The van der Waals surface area contributed by atoms with Crippen LogP contribution >= 0.6 is 0 Å². The molecule has 2 aromatic carbocycles. The molecule has 0 heterocycles. The van der Waals surface area contributed by atoms with Gasteiger partial charge in [0.25, 0.3) is 0 Å². The highest BCUT2D eigenvalue weighted by atomic mass is 16.2. The minimum atomic E-state index is -0.541. The molecule has 0 saturated carbocycles. The fourth-order valence-electron chi connectivity index (χ4n) is 3.28. The highest BCUT2D eigenvalue weighted by molar-refractivity contribution is 5.87. The Kier molecular flexibility index (Phi) is 8.22. The van der Waals surface area contributed by atoms with E-state index in [9.17, 15) is 9.59 Å². The number of hydrogen-bond donors (Lipinski definition) is 1. The van der Waals surface area contributed by atoms with Crippen LogP contribution in [0, 0.1) is 6.92 Å². The average molecular weight is 409 g/mol. The summed E-state index contributed by atoms with van der Waals surface area (Å²) < 4.78 is 0. The van der Waals surface area contributed by atoms with Crippen molar-refractivity contribution < 1.29 is 9.59 Å². The number of hydrogen-bond acceptors (Lipinski definition) is 2. The predicted octanol–water partition coefficient (Wildman–Crippen LogP) is 4.82. The van der Waals surface area contributed by atoms with Gasteiger partial charge in [-0.2, -0.15) is 0 Å². The Labute approximate surface area is 181 Å². The first-order valence-corrected chi connectivity index (χ1v) is 10.8. The molecule has 30 heavy (non-hydrogen) atoms. The van der Waals surface area contributed by atoms with Crippen molar-refractivity contribution in [1.82, 2.24) is 10.2 Å². The van der Waals surface area contributed by atoms with Crippen molar-refractivity contribution in [3.63, 3.8) is 0 Å². The third-order valence-electron chi connectivity index (χ3n) is 5.20. The second kappa shape index (κ2) is 10.4. The smallest absolute Gasteiger partial charge is 0.242 e. The van der Waals surface area contributed by atoms with E-state index in [1.54, 1.807) is 4.90 Å². The average Bonchev–Trinajstić information content (AvgIpc) is 2.70. The maximum Gasteiger partial charge on any atom is 0.242 e. The first-order chi connectivity index (χ1) is 14.1. The number of carbonyl (C=O) groups excluding carboxylic acids is 2. The monoisotopic (exact) mass is 408 g/mol. The molecule has 0 aliphatic carbocycles. The predicted molar refractivity (Wildman–Crippen MR) is 123 cm³/mol. The van der Waals surface area contributed by atoms with Gasteiger partial charge in [-0.1, -0.05) is 61.0 Å². The molecule has 0 fully saturated rings. The topological polar surface area (TPSA) is 49.4 Å². The summed E-state index contributed by atoms with van der Waals surface area (Å²) in [6.07, 6.45) is 2.05. The van der Waals surface area contributed by atoms with Crippen molar-refractivity contribution in [3.05, 3.63) is 70.8 Å². The highest BCUT2D eigenvalue weighted by Crippen LogP contribution is 2.15. The van der Waals surface area contributed by atoms with Crippen molar-refractivity contribution >= 4 is 11.8 Å². The van der Waals surface area contributed by atoms with Gasteiger partial charge in [-0.25, -0.2) is 0 Å². The molecular weight excluding hydrogens is 372 g/mol. The molecule has 1 atom stereocenters. The summed E-state index contributed by atoms with van der Waals surface area (Å²) in [7, 11) is 0. The molecule has 0 saturated heterocycles. The third-order valence-corrected chi connectivity index (χ3v) is 5.20. The minimum absolute atomic E-state index is 0.00768. The number of carbonyl (C=O) groups is 2. The third kappa shape index (κ3) is 7.33. The van der Waals surface area contributed by atoms with Gasteiger partial charge in [0.15, 0.2) is 0 Å². The van der Waals surface area contributed by atoms with Crippen LogP contribution in [-0.4, -0.2) is 28.3 Å². The second-order valence-electron chi connectivity index (χ2n) is 9.09. The van der Waals surface area contributed by atoms with Crippen LogP contribution in [0.1, 0.15) is 63.3 Å². The van der Waals surface area contributed by atoms with E-state index in [4.69, 9.17) is 0 Å². The first kappa shape index (κ1) is 23.7. The van der Waals surface area contributed by atoms with Crippen LogP contribution in [0.2, 0.25) is 0 Å². The van der Waals surface area contributed by atoms with E-state index in [1.165, 1.54) is 11.1 Å². The quantitative estimate of drug-likeness (QED) is 0.681. The molecule has 0 aliphatic heterocycles. The molecule has 4 nitrogen and oxygen atoms in total. The van der Waals surface area contributed by atoms with Crippen molar-refractivity contribution in [2.75, 3.05) is 0 Å². The van der Waals surface area contributed by atoms with Crippen LogP contribution in [0.25, 0.3) is 0 Å². The number of amides is 2. The Morgan fingerprint density at radius 2 is 1.47 bits per heavy atom. The fourth-order valence-corrected chi connectivity index (χ4v) is 3.28. The highest BCUT2D eigenvalue weighted by Gasteiger charge is 2.28. The van der Waals surface area contributed by atoms with E-state index >= 15 is 0 Å². The standard InChI is InChI=1S/C26H36N2O2/c1-7-21-12-14-22(15-13-21)16-17-24(29)28(18-23-10-8-19(2)9-11-23)20(3)25(30)27-26(4,5)6/h8-15,20H,7,16-18H2,1-6H3,(H,27,30)/t20-/m0/s1. The molecule has 0 radical (unpaired) electrons. The summed E-state index contributed by atoms with van der Waals surface area (Å²) in [5.74, 6) is -0.137. The van der Waals surface area contributed by atoms with Crippen LogP contribution in [0.5, 0.6) is 0 Å². The van der Waals surface area contributed by atoms with Gasteiger partial charge in [0.2, 0.25) is 11.8 Å². The van der Waals surface area contributed by atoms with E-state index in [-0.39, 0.29) is 17.4 Å². The number of nitrogens with one attached hydrogen (secondary N) is 1. The lowest BCUT2D eigenvalue weighted by Crippen LogP contribution is -2.52. The number of nitrogens with zero attached hydrogens (tertiary/aromatic N) is 1. The molecule has 2 amide bonds. The van der Waals surface area contributed by atoms with Crippen LogP contribution in [-0.2, 0) is 29.0 Å². The Morgan fingerprint density at radius 3 is 2.00 bits per heavy atom. The largest absolute Gasteiger partial charge is 0.350 e. The van der Waals surface area contributed by atoms with Crippen molar-refractivity contribution in [3.8, 4) is 0 Å². The molecule has 2 rings (SSSR count). The second-order valence-corrected chi connectivity index (χ2v) is 9.09. The van der Waals surface area contributed by atoms with Gasteiger partial charge in [-0.3, -0.25) is 9.59 Å². The maximum atomic E-state index is 13.2. The van der Waals surface area contributed by atoms with Crippen LogP contribution < -0.4 is 5.32 Å². The summed E-state index contributed by atoms with van der Waals surface area (Å²) in [5, 5.41) is 3.00. The number of benzene rings is 2. The van der Waals surface area contributed by atoms with Crippen LogP contribution in [0.4, 0.5) is 0 Å². The summed E-state index contributed by atoms with van der Waals surface area (Å²) >= 11 is 0. The lowest BCUT2D eigenvalue weighted by atomic mass is 10.0. The zero-order valence-electron chi connectivity index (χ0n) is 19.3. The van der Waals surface area contributed by atoms with Gasteiger partial charge >= 0.3 is 0 Å². The van der Waals surface area contributed by atoms with E-state index in [0.29, 0.717) is 19.4 Å². The zero-order chi connectivity index (χ0) is 22.3. The van der Waals surface area contributed by atoms with E-state index in [2.05, 4.69) is 36.5 Å². The molecule has 2 aromatic rings. The summed E-state index contributed by atoms with van der Waals surface area (Å²) in [6, 6.07) is 16.0. The summed E-state index contributed by atoms with van der Waals surface area (Å²) in [5.41, 5.74) is 4.29. The Balaban J connectivity index is 2.14. The normalized spacial score (nSPS) is 12.3. The minimum Gasteiger partial charge on any atom is -0.350 e. The van der Waals surface area contributed by atoms with Crippen molar-refractivity contribution in [2.24, 2.45) is 0 Å². The van der Waals surface area contributed by atoms with Crippen molar-refractivity contribution in [2.45, 2.75) is 78.9 Å². The molecule has 162 valence electrons. The van der Waals surface area contributed by atoms with E-state index in [0.717, 1.165) is 17.5 Å². The molecule has 0 unspecified atom stereocenters. The van der Waals surface area contributed by atoms with Gasteiger partial charge in [0, 0.05) is 18.5 Å². The van der Waals surface area contributed by atoms with E-state index in [1.807, 2.05) is 58.9 Å². The first-order valence-electron chi connectivity index (χ1n) is 10.8. The van der Waals surface area contributed by atoms with E-state index < -0.39 is 6.04 Å². The molecule has 4 heteroatoms. The lowest BCUT2D eigenvalue weighted by Gasteiger charge is -2.31. The molecule has 0 aliphatic rings.